The van der Waals surface area contributed by atoms with Crippen LogP contribution in [0.1, 0.15) is 25.0 Å². The highest BCUT2D eigenvalue weighted by atomic mass is 79.9. The van der Waals surface area contributed by atoms with Crippen molar-refractivity contribution < 1.29 is 14.3 Å². The van der Waals surface area contributed by atoms with Crippen LogP contribution in [0.5, 0.6) is 0 Å². The summed E-state index contributed by atoms with van der Waals surface area (Å²) < 4.78 is 13.2. The van der Waals surface area contributed by atoms with Gasteiger partial charge in [0.15, 0.2) is 5.79 Å². The number of ether oxygens (including phenoxy) is 2. The summed E-state index contributed by atoms with van der Waals surface area (Å²) in [5, 5.41) is 0. The molecule has 0 amide bonds. The second-order valence-corrected chi connectivity index (χ2v) is 7.97. The molecule has 0 aliphatic carbocycles. The van der Waals surface area contributed by atoms with Gasteiger partial charge in [0.05, 0.1) is 13.2 Å². The van der Waals surface area contributed by atoms with Gasteiger partial charge in [-0.1, -0.05) is 56.1 Å². The molecule has 2 aromatic carbocycles. The molecule has 1 fully saturated rings. The van der Waals surface area contributed by atoms with E-state index in [-0.39, 0.29) is 5.78 Å². The summed E-state index contributed by atoms with van der Waals surface area (Å²) in [6, 6.07) is 16.0. The molecule has 1 heterocycles. The van der Waals surface area contributed by atoms with Crippen molar-refractivity contribution in [3.63, 3.8) is 0 Å². The maximum absolute atomic E-state index is 10.7. The minimum absolute atomic E-state index is 0.201. The van der Waals surface area contributed by atoms with Crippen LogP contribution < -0.4 is 0 Å². The van der Waals surface area contributed by atoms with E-state index in [0.29, 0.717) is 19.6 Å². The van der Waals surface area contributed by atoms with E-state index in [9.17, 15) is 4.79 Å². The molecule has 1 aliphatic rings. The molecule has 2 aromatic rings. The third-order valence-corrected chi connectivity index (χ3v) is 4.76. The van der Waals surface area contributed by atoms with Crippen LogP contribution in [0.15, 0.2) is 57.5 Å². The molecule has 0 spiro atoms. The molecule has 1 aliphatic heterocycles. The molecule has 134 valence electrons. The summed E-state index contributed by atoms with van der Waals surface area (Å²) in [6.45, 7) is 4.99. The number of hydrogen-bond acceptors (Lipinski definition) is 3. The van der Waals surface area contributed by atoms with Crippen LogP contribution in [0, 0.1) is 0 Å². The lowest BCUT2D eigenvalue weighted by molar-refractivity contribution is -0.140. The van der Waals surface area contributed by atoms with Gasteiger partial charge in [0.2, 0.25) is 0 Å². The first-order chi connectivity index (χ1) is 11.9. The topological polar surface area (TPSA) is 35.5 Å². The second kappa shape index (κ2) is 9.62. The van der Waals surface area contributed by atoms with E-state index in [4.69, 9.17) is 9.47 Å². The molecule has 3 nitrogen and oxygen atoms in total. The van der Waals surface area contributed by atoms with Gasteiger partial charge >= 0.3 is 0 Å². The molecule has 0 saturated carbocycles. The minimum atomic E-state index is -0.423. The minimum Gasteiger partial charge on any atom is -0.347 e. The van der Waals surface area contributed by atoms with Gasteiger partial charge < -0.3 is 9.47 Å². The zero-order chi connectivity index (χ0) is 18.3. The molecule has 0 unspecified atom stereocenters. The number of carbonyl (C=O) groups is 1. The number of rotatable bonds is 4. The standard InChI is InChI=1S/C11H13BrO2.C9H9BrO/c1-11(13-6-7-14-11)8-9-2-4-10(12)5-3-9;1-7(11)6-8-2-4-9(10)5-3-8/h2-5H,6-8H2,1H3;2-5H,6H2,1H3. The molecular formula is C20H22Br2O3. The summed E-state index contributed by atoms with van der Waals surface area (Å²) in [6.07, 6.45) is 1.34. The lowest BCUT2D eigenvalue weighted by Gasteiger charge is -2.22. The Balaban J connectivity index is 0.000000186. The first-order valence-corrected chi connectivity index (χ1v) is 9.71. The van der Waals surface area contributed by atoms with Gasteiger partial charge in [0.1, 0.15) is 5.78 Å². The van der Waals surface area contributed by atoms with Crippen LogP contribution in [0.25, 0.3) is 0 Å². The van der Waals surface area contributed by atoms with Crippen molar-refractivity contribution in [2.75, 3.05) is 13.2 Å². The zero-order valence-corrected chi connectivity index (χ0v) is 17.6. The lowest BCUT2D eigenvalue weighted by atomic mass is 10.1. The molecule has 0 bridgehead atoms. The van der Waals surface area contributed by atoms with E-state index in [2.05, 4.69) is 44.0 Å². The molecule has 0 aromatic heterocycles. The number of halogens is 2. The maximum Gasteiger partial charge on any atom is 0.169 e. The number of ketones is 1. The van der Waals surface area contributed by atoms with E-state index in [0.717, 1.165) is 20.9 Å². The molecule has 25 heavy (non-hydrogen) atoms. The summed E-state index contributed by atoms with van der Waals surface area (Å²) in [7, 11) is 0. The Bertz CT molecular complexity index is 675. The molecule has 3 rings (SSSR count). The third kappa shape index (κ3) is 7.40. The highest BCUT2D eigenvalue weighted by Gasteiger charge is 2.30. The van der Waals surface area contributed by atoms with E-state index in [1.165, 1.54) is 5.56 Å². The van der Waals surface area contributed by atoms with Gasteiger partial charge in [-0.15, -0.1) is 0 Å². The number of hydrogen-bond donors (Lipinski definition) is 0. The van der Waals surface area contributed by atoms with E-state index in [1.807, 2.05) is 43.3 Å². The smallest absolute Gasteiger partial charge is 0.169 e. The Hall–Kier alpha value is -1.01. The number of carbonyl (C=O) groups excluding carboxylic acids is 1. The van der Waals surface area contributed by atoms with E-state index < -0.39 is 5.79 Å². The Morgan fingerprint density at radius 3 is 1.80 bits per heavy atom. The Labute approximate surface area is 166 Å². The quantitative estimate of drug-likeness (QED) is 0.606. The van der Waals surface area contributed by atoms with Gasteiger partial charge in [-0.3, -0.25) is 4.79 Å². The zero-order valence-electron chi connectivity index (χ0n) is 14.4. The summed E-state index contributed by atoms with van der Waals surface area (Å²) in [5.41, 5.74) is 2.30. The van der Waals surface area contributed by atoms with Crippen LogP contribution >= 0.6 is 31.9 Å². The SMILES string of the molecule is CC(=O)Cc1ccc(Br)cc1.CC1(Cc2ccc(Br)cc2)OCCO1. The average Bonchev–Trinajstić information content (AvgIpc) is 2.98. The predicted molar refractivity (Wildman–Crippen MR) is 107 cm³/mol. The molecule has 0 N–H and O–H groups in total. The Morgan fingerprint density at radius 2 is 1.36 bits per heavy atom. The fraction of sp³-hybridized carbons (Fsp3) is 0.350. The molecule has 0 atom stereocenters. The summed E-state index contributed by atoms with van der Waals surface area (Å²) in [5.74, 6) is -0.222. The highest BCUT2D eigenvalue weighted by Crippen LogP contribution is 2.24. The third-order valence-electron chi connectivity index (χ3n) is 3.70. The first kappa shape index (κ1) is 20.3. The normalized spacial score (nSPS) is 15.4. The van der Waals surface area contributed by atoms with Gasteiger partial charge in [0, 0.05) is 21.8 Å². The number of Topliss-reactive ketones (excluding diaryl/α,β-unsaturated/α-hetero) is 1. The molecule has 1 saturated heterocycles. The summed E-state index contributed by atoms with van der Waals surface area (Å²) >= 11 is 6.74. The monoisotopic (exact) mass is 468 g/mol. The van der Waals surface area contributed by atoms with E-state index in [1.54, 1.807) is 6.92 Å². The van der Waals surface area contributed by atoms with Crippen molar-refractivity contribution in [3.8, 4) is 0 Å². The van der Waals surface area contributed by atoms with Gasteiger partial charge in [-0.2, -0.15) is 0 Å². The largest absolute Gasteiger partial charge is 0.347 e. The maximum atomic E-state index is 10.7. The van der Waals surface area contributed by atoms with Crippen molar-refractivity contribution in [1.29, 1.82) is 0 Å². The van der Waals surface area contributed by atoms with Gasteiger partial charge in [-0.05, 0) is 49.2 Å². The van der Waals surface area contributed by atoms with Gasteiger partial charge in [-0.25, -0.2) is 0 Å². The Morgan fingerprint density at radius 1 is 0.920 bits per heavy atom. The lowest BCUT2D eigenvalue weighted by Crippen LogP contribution is -2.28. The van der Waals surface area contributed by atoms with Crippen LogP contribution in [0.2, 0.25) is 0 Å². The second-order valence-electron chi connectivity index (χ2n) is 6.14. The van der Waals surface area contributed by atoms with Crippen LogP contribution in [-0.4, -0.2) is 24.8 Å². The van der Waals surface area contributed by atoms with Crippen molar-refractivity contribution in [1.82, 2.24) is 0 Å². The first-order valence-electron chi connectivity index (χ1n) is 8.12. The van der Waals surface area contributed by atoms with Crippen molar-refractivity contribution in [2.24, 2.45) is 0 Å². The van der Waals surface area contributed by atoms with Crippen LogP contribution in [-0.2, 0) is 27.1 Å². The van der Waals surface area contributed by atoms with Crippen LogP contribution in [0.3, 0.4) is 0 Å². The molecule has 0 radical (unpaired) electrons. The summed E-state index contributed by atoms with van der Waals surface area (Å²) in [4.78, 5) is 10.7. The Kier molecular flexibility index (Phi) is 7.81. The number of benzene rings is 2. The average molecular weight is 470 g/mol. The fourth-order valence-electron chi connectivity index (χ4n) is 2.52. The molecular weight excluding hydrogens is 448 g/mol. The van der Waals surface area contributed by atoms with Crippen LogP contribution in [0.4, 0.5) is 0 Å². The predicted octanol–water partition coefficient (Wildman–Crippen LogP) is 5.34. The van der Waals surface area contributed by atoms with Gasteiger partial charge in [0.25, 0.3) is 0 Å². The van der Waals surface area contributed by atoms with Crippen molar-refractivity contribution >= 4 is 37.6 Å². The highest BCUT2D eigenvalue weighted by molar-refractivity contribution is 9.10. The van der Waals surface area contributed by atoms with Crippen molar-refractivity contribution in [3.05, 3.63) is 68.6 Å². The van der Waals surface area contributed by atoms with E-state index >= 15 is 0 Å². The van der Waals surface area contributed by atoms with Crippen molar-refractivity contribution in [2.45, 2.75) is 32.5 Å². The molecule has 5 heteroatoms. The fourth-order valence-corrected chi connectivity index (χ4v) is 3.05.